The molecule has 0 bridgehead atoms. The summed E-state index contributed by atoms with van der Waals surface area (Å²) >= 11 is 0. The third-order valence-electron chi connectivity index (χ3n) is 2.87. The zero-order valence-electron chi connectivity index (χ0n) is 10.8. The van der Waals surface area contributed by atoms with Gasteiger partial charge in [0.25, 0.3) is 0 Å². The van der Waals surface area contributed by atoms with E-state index in [-0.39, 0.29) is 23.0 Å². The van der Waals surface area contributed by atoms with Crippen molar-refractivity contribution in [1.29, 1.82) is 0 Å². The Bertz CT molecular complexity index is 566. The van der Waals surface area contributed by atoms with Crippen LogP contribution in [0.1, 0.15) is 41.4 Å². The van der Waals surface area contributed by atoms with Gasteiger partial charge in [0.15, 0.2) is 5.84 Å². The van der Waals surface area contributed by atoms with Crippen molar-refractivity contribution < 1.29 is 14.7 Å². The predicted octanol–water partition coefficient (Wildman–Crippen LogP) is 1.13. The molecule has 1 amide bonds. The molecule has 1 aromatic rings. The van der Waals surface area contributed by atoms with Crippen molar-refractivity contribution >= 4 is 17.7 Å². The Morgan fingerprint density at radius 2 is 2.26 bits per heavy atom. The van der Waals surface area contributed by atoms with E-state index in [2.05, 4.69) is 15.3 Å². The van der Waals surface area contributed by atoms with Crippen molar-refractivity contribution in [3.8, 4) is 0 Å². The van der Waals surface area contributed by atoms with Gasteiger partial charge in [-0.05, 0) is 25.0 Å². The first-order valence-corrected chi connectivity index (χ1v) is 6.12. The second kappa shape index (κ2) is 5.17. The molecule has 1 aliphatic heterocycles. The number of nitrogens with zero attached hydrogens (tertiary/aromatic N) is 2. The molecule has 0 fully saturated rings. The zero-order chi connectivity index (χ0) is 14.0. The summed E-state index contributed by atoms with van der Waals surface area (Å²) in [6, 6.07) is 1.08. The second-order valence-corrected chi connectivity index (χ2v) is 4.49. The minimum absolute atomic E-state index is 0.0520. The number of carboxylic acid groups (broad SMARTS) is 1. The quantitative estimate of drug-likeness (QED) is 0.850. The molecular formula is C13H15N3O3. The van der Waals surface area contributed by atoms with E-state index in [9.17, 15) is 14.7 Å². The van der Waals surface area contributed by atoms with Crippen LogP contribution in [0.15, 0.2) is 17.3 Å². The minimum atomic E-state index is -1.08. The molecule has 1 unspecified atom stereocenters. The van der Waals surface area contributed by atoms with E-state index < -0.39 is 12.0 Å². The van der Waals surface area contributed by atoms with Crippen molar-refractivity contribution in [3.05, 3.63) is 29.1 Å². The topological polar surface area (TPSA) is 91.7 Å². The van der Waals surface area contributed by atoms with Crippen molar-refractivity contribution in [2.24, 2.45) is 4.99 Å². The molecular weight excluding hydrogens is 246 g/mol. The number of aromatic nitrogens is 1. The van der Waals surface area contributed by atoms with Crippen LogP contribution in [0.4, 0.5) is 0 Å². The molecule has 1 aromatic heterocycles. The lowest BCUT2D eigenvalue weighted by molar-refractivity contribution is -0.120. The van der Waals surface area contributed by atoms with Crippen molar-refractivity contribution in [2.75, 3.05) is 0 Å². The average molecular weight is 261 g/mol. The first-order chi connectivity index (χ1) is 9.02. The first kappa shape index (κ1) is 13.2. The van der Waals surface area contributed by atoms with E-state index in [1.807, 2.05) is 6.92 Å². The van der Waals surface area contributed by atoms with Gasteiger partial charge in [-0.1, -0.05) is 13.3 Å². The van der Waals surface area contributed by atoms with E-state index in [0.717, 1.165) is 12.0 Å². The zero-order valence-corrected chi connectivity index (χ0v) is 10.8. The number of hydrogen-bond acceptors (Lipinski definition) is 4. The van der Waals surface area contributed by atoms with Gasteiger partial charge in [0.2, 0.25) is 5.91 Å². The summed E-state index contributed by atoms with van der Waals surface area (Å²) in [6.45, 7) is 3.73. The fourth-order valence-corrected chi connectivity index (χ4v) is 1.96. The number of pyridine rings is 1. The number of rotatable bonds is 4. The lowest BCUT2D eigenvalue weighted by Crippen LogP contribution is -2.30. The van der Waals surface area contributed by atoms with Gasteiger partial charge in [-0.25, -0.2) is 4.79 Å². The largest absolute Gasteiger partial charge is 0.478 e. The summed E-state index contributed by atoms with van der Waals surface area (Å²) < 4.78 is 0. The van der Waals surface area contributed by atoms with Crippen LogP contribution in [-0.2, 0) is 4.79 Å². The maximum absolute atomic E-state index is 11.7. The van der Waals surface area contributed by atoms with Crippen molar-refractivity contribution in [2.45, 2.75) is 32.7 Å². The van der Waals surface area contributed by atoms with E-state index >= 15 is 0 Å². The molecule has 0 aliphatic carbocycles. The molecule has 0 radical (unpaired) electrons. The third-order valence-corrected chi connectivity index (χ3v) is 2.87. The Morgan fingerprint density at radius 3 is 2.89 bits per heavy atom. The summed E-state index contributed by atoms with van der Waals surface area (Å²) in [5.41, 5.74) is 1.01. The maximum atomic E-state index is 11.7. The highest BCUT2D eigenvalue weighted by atomic mass is 16.4. The number of amidine groups is 1. The second-order valence-electron chi connectivity index (χ2n) is 4.49. The normalized spacial score (nSPS) is 18.1. The maximum Gasteiger partial charge on any atom is 0.338 e. The van der Waals surface area contributed by atoms with Crippen LogP contribution in [0.5, 0.6) is 0 Å². The van der Waals surface area contributed by atoms with Gasteiger partial charge in [0.05, 0.1) is 5.56 Å². The van der Waals surface area contributed by atoms with Crippen LogP contribution >= 0.6 is 0 Å². The molecule has 0 saturated heterocycles. The number of aryl methyl sites for hydroxylation is 1. The highest BCUT2D eigenvalue weighted by Gasteiger charge is 2.29. The summed E-state index contributed by atoms with van der Waals surface area (Å²) in [5, 5.41) is 11.8. The lowest BCUT2D eigenvalue weighted by atomic mass is 10.1. The highest BCUT2D eigenvalue weighted by Crippen LogP contribution is 2.15. The molecule has 2 rings (SSSR count). The fraction of sp³-hybridized carbons (Fsp3) is 0.385. The third kappa shape index (κ3) is 2.62. The molecule has 6 nitrogen and oxygen atoms in total. The summed E-state index contributed by atoms with van der Waals surface area (Å²) in [6.07, 6.45) is 3.04. The summed E-state index contributed by atoms with van der Waals surface area (Å²) in [4.78, 5) is 31.2. The smallest absolute Gasteiger partial charge is 0.338 e. The van der Waals surface area contributed by atoms with Crippen LogP contribution in [0, 0.1) is 6.92 Å². The van der Waals surface area contributed by atoms with Crippen molar-refractivity contribution in [3.63, 3.8) is 0 Å². The van der Waals surface area contributed by atoms with E-state index in [1.165, 1.54) is 6.07 Å². The average Bonchev–Trinajstić information content (AvgIpc) is 2.71. The van der Waals surface area contributed by atoms with Gasteiger partial charge in [-0.2, -0.15) is 0 Å². The first-order valence-electron chi connectivity index (χ1n) is 6.12. The lowest BCUT2D eigenvalue weighted by Gasteiger charge is -2.05. The van der Waals surface area contributed by atoms with Gasteiger partial charge in [0, 0.05) is 6.20 Å². The van der Waals surface area contributed by atoms with Gasteiger partial charge in [-0.15, -0.1) is 0 Å². The SMILES string of the molecule is CCCC1N=C(c2ncc(C)cc2C(=O)O)NC1=O. The van der Waals surface area contributed by atoms with E-state index in [0.29, 0.717) is 6.42 Å². The van der Waals surface area contributed by atoms with Crippen molar-refractivity contribution in [1.82, 2.24) is 10.3 Å². The predicted molar refractivity (Wildman–Crippen MR) is 69.3 cm³/mol. The van der Waals surface area contributed by atoms with Crippen LogP contribution in [-0.4, -0.2) is 33.8 Å². The number of carboxylic acids is 1. The Hall–Kier alpha value is -2.24. The Labute approximate surface area is 110 Å². The fourth-order valence-electron chi connectivity index (χ4n) is 1.96. The minimum Gasteiger partial charge on any atom is -0.478 e. The molecule has 1 aliphatic rings. The number of carbonyl (C=O) groups excluding carboxylic acids is 1. The summed E-state index contributed by atoms with van der Waals surface area (Å²) in [7, 11) is 0. The molecule has 100 valence electrons. The van der Waals surface area contributed by atoms with Gasteiger partial charge < -0.3 is 10.4 Å². The van der Waals surface area contributed by atoms with Gasteiger partial charge >= 0.3 is 5.97 Å². The summed E-state index contributed by atoms with van der Waals surface area (Å²) in [5.74, 6) is -1.03. The van der Waals surface area contributed by atoms with Gasteiger partial charge in [0.1, 0.15) is 11.7 Å². The Kier molecular flexibility index (Phi) is 3.59. The molecule has 0 saturated carbocycles. The molecule has 0 spiro atoms. The molecule has 1 atom stereocenters. The number of aromatic carboxylic acids is 1. The van der Waals surface area contributed by atoms with Crippen LogP contribution in [0.2, 0.25) is 0 Å². The van der Waals surface area contributed by atoms with Crippen LogP contribution in [0.25, 0.3) is 0 Å². The Balaban J connectivity index is 2.40. The number of hydrogen-bond donors (Lipinski definition) is 2. The molecule has 2 heterocycles. The highest BCUT2D eigenvalue weighted by molar-refractivity contribution is 6.16. The van der Waals surface area contributed by atoms with E-state index in [1.54, 1.807) is 13.1 Å². The molecule has 19 heavy (non-hydrogen) atoms. The number of aliphatic imine (C=N–C) groups is 1. The molecule has 0 aromatic carbocycles. The number of carbonyl (C=O) groups is 2. The van der Waals surface area contributed by atoms with E-state index in [4.69, 9.17) is 0 Å². The molecule has 2 N–H and O–H groups in total. The standard InChI is InChI=1S/C13H15N3O3/c1-3-4-9-12(17)16-11(15-9)10-8(13(18)19)5-7(2)6-14-10/h5-6,9H,3-4H2,1-2H3,(H,18,19)(H,15,16,17). The van der Waals surface area contributed by atoms with Crippen LogP contribution in [0.3, 0.4) is 0 Å². The van der Waals surface area contributed by atoms with Gasteiger partial charge in [-0.3, -0.25) is 14.8 Å². The van der Waals surface area contributed by atoms with Crippen LogP contribution < -0.4 is 5.32 Å². The Morgan fingerprint density at radius 1 is 1.53 bits per heavy atom. The number of nitrogens with one attached hydrogen (secondary N) is 1. The monoisotopic (exact) mass is 261 g/mol. The molecule has 6 heteroatoms. The number of amides is 1.